The molecular formula is C18H25N3O7S2. The van der Waals surface area contributed by atoms with Gasteiger partial charge in [0.15, 0.2) is 5.69 Å². The predicted octanol–water partition coefficient (Wildman–Crippen LogP) is 0.568. The van der Waals surface area contributed by atoms with Crippen molar-refractivity contribution in [2.24, 2.45) is 0 Å². The molecule has 2 aromatic rings. The van der Waals surface area contributed by atoms with Crippen molar-refractivity contribution in [3.8, 4) is 5.75 Å². The molecule has 2 rings (SSSR count). The van der Waals surface area contributed by atoms with Gasteiger partial charge in [-0.2, -0.15) is 16.7 Å². The Morgan fingerprint density at radius 3 is 2.53 bits per heavy atom. The Bertz CT molecular complexity index is 932. The zero-order chi connectivity index (χ0) is 22.3. The fourth-order valence-corrected chi connectivity index (χ4v) is 3.53. The zero-order valence-corrected chi connectivity index (χ0v) is 18.1. The standard InChI is InChI=1S/C18H25N3O7S2/c1-29-8-7-15(23)16(24)13(9-11-3-5-12(22)6-4-11)19-17(25)14-10-28-18(20-14)21-30(2,26)27/h3-6,10,13,15-16,22-24H,7-9H2,1-2H3,(H,19,25)(H,20,21). The fraction of sp³-hybridized carbons (Fsp3) is 0.444. The van der Waals surface area contributed by atoms with Crippen molar-refractivity contribution in [3.63, 3.8) is 0 Å². The van der Waals surface area contributed by atoms with Gasteiger partial charge in [-0.05, 0) is 42.5 Å². The van der Waals surface area contributed by atoms with Gasteiger partial charge in [-0.3, -0.25) is 4.79 Å². The third kappa shape index (κ3) is 7.52. The lowest BCUT2D eigenvalue weighted by molar-refractivity contribution is -0.00410. The number of oxazole rings is 1. The van der Waals surface area contributed by atoms with Crippen molar-refractivity contribution in [3.05, 3.63) is 41.8 Å². The SMILES string of the molecule is CSCCC(O)C(O)C(Cc1ccc(O)cc1)NC(=O)c1coc(NS(C)(=O)=O)n1. The molecule has 3 atom stereocenters. The first-order chi connectivity index (χ1) is 14.1. The molecule has 5 N–H and O–H groups in total. The number of aliphatic hydroxyl groups is 2. The number of amides is 1. The van der Waals surface area contributed by atoms with Gasteiger partial charge >= 0.3 is 6.01 Å². The van der Waals surface area contributed by atoms with Crippen LogP contribution in [-0.4, -0.2) is 71.1 Å². The Balaban J connectivity index is 2.16. The lowest BCUT2D eigenvalue weighted by Gasteiger charge is -2.27. The van der Waals surface area contributed by atoms with Gasteiger partial charge in [0, 0.05) is 0 Å². The van der Waals surface area contributed by atoms with Gasteiger partial charge < -0.3 is 25.1 Å². The molecule has 30 heavy (non-hydrogen) atoms. The van der Waals surface area contributed by atoms with Crippen LogP contribution in [0.2, 0.25) is 0 Å². The van der Waals surface area contributed by atoms with Crippen molar-refractivity contribution in [2.75, 3.05) is 23.0 Å². The lowest BCUT2D eigenvalue weighted by atomic mass is 9.96. The van der Waals surface area contributed by atoms with Gasteiger partial charge in [-0.1, -0.05) is 12.1 Å². The smallest absolute Gasteiger partial charge is 0.309 e. The molecule has 0 saturated carbocycles. The van der Waals surface area contributed by atoms with Gasteiger partial charge in [0.2, 0.25) is 10.0 Å². The largest absolute Gasteiger partial charge is 0.508 e. The van der Waals surface area contributed by atoms with E-state index < -0.39 is 34.2 Å². The number of phenolic OH excluding ortho intramolecular Hbond substituents is 1. The second-order valence-electron chi connectivity index (χ2n) is 6.70. The molecule has 0 aliphatic heterocycles. The van der Waals surface area contributed by atoms with E-state index in [1.807, 2.05) is 11.0 Å². The summed E-state index contributed by atoms with van der Waals surface area (Å²) in [5.41, 5.74) is 0.525. The number of hydrogen-bond donors (Lipinski definition) is 5. The van der Waals surface area contributed by atoms with E-state index in [0.717, 1.165) is 12.5 Å². The van der Waals surface area contributed by atoms with Gasteiger partial charge in [0.25, 0.3) is 5.91 Å². The van der Waals surface area contributed by atoms with Crippen LogP contribution in [0.25, 0.3) is 0 Å². The summed E-state index contributed by atoms with van der Waals surface area (Å²) in [6.07, 6.45) is 1.94. The molecule has 0 aliphatic carbocycles. The van der Waals surface area contributed by atoms with Crippen LogP contribution >= 0.6 is 11.8 Å². The molecule has 166 valence electrons. The van der Waals surface area contributed by atoms with E-state index in [2.05, 4.69) is 10.3 Å². The lowest BCUT2D eigenvalue weighted by Crippen LogP contribution is -2.50. The number of nitrogens with one attached hydrogen (secondary N) is 2. The molecule has 0 fully saturated rings. The maximum Gasteiger partial charge on any atom is 0.309 e. The van der Waals surface area contributed by atoms with Crippen molar-refractivity contribution in [1.82, 2.24) is 10.3 Å². The van der Waals surface area contributed by atoms with Crippen molar-refractivity contribution < 1.29 is 32.9 Å². The molecule has 3 unspecified atom stereocenters. The van der Waals surface area contributed by atoms with Crippen LogP contribution < -0.4 is 10.0 Å². The number of phenols is 1. The zero-order valence-electron chi connectivity index (χ0n) is 16.5. The van der Waals surface area contributed by atoms with Crippen LogP contribution in [0.4, 0.5) is 6.01 Å². The highest BCUT2D eigenvalue weighted by atomic mass is 32.2. The van der Waals surface area contributed by atoms with Crippen molar-refractivity contribution >= 4 is 33.7 Å². The third-order valence-electron chi connectivity index (χ3n) is 4.14. The molecule has 0 radical (unpaired) electrons. The molecule has 0 saturated heterocycles. The minimum Gasteiger partial charge on any atom is -0.508 e. The second-order valence-corrected chi connectivity index (χ2v) is 9.44. The maximum absolute atomic E-state index is 12.6. The summed E-state index contributed by atoms with van der Waals surface area (Å²) >= 11 is 1.52. The predicted molar refractivity (Wildman–Crippen MR) is 113 cm³/mol. The first-order valence-corrected chi connectivity index (χ1v) is 12.2. The van der Waals surface area contributed by atoms with Gasteiger partial charge in [-0.15, -0.1) is 0 Å². The summed E-state index contributed by atoms with van der Waals surface area (Å²) in [5, 5.41) is 33.0. The summed E-state index contributed by atoms with van der Waals surface area (Å²) in [4.78, 5) is 16.3. The van der Waals surface area contributed by atoms with Crippen molar-refractivity contribution in [1.29, 1.82) is 0 Å². The fourth-order valence-electron chi connectivity index (χ4n) is 2.65. The van der Waals surface area contributed by atoms with Gasteiger partial charge in [-0.25, -0.2) is 13.1 Å². The number of aliphatic hydroxyl groups excluding tert-OH is 2. The molecule has 1 aromatic carbocycles. The van der Waals surface area contributed by atoms with Crippen LogP contribution in [0.3, 0.4) is 0 Å². The Hall–Kier alpha value is -2.28. The summed E-state index contributed by atoms with van der Waals surface area (Å²) in [5.74, 6) is -0.00404. The van der Waals surface area contributed by atoms with Crippen LogP contribution in [0.15, 0.2) is 34.9 Å². The topological polar surface area (TPSA) is 162 Å². The number of aromatic hydroxyl groups is 1. The summed E-state index contributed by atoms with van der Waals surface area (Å²) in [6.45, 7) is 0. The molecule has 12 heteroatoms. The molecular weight excluding hydrogens is 434 g/mol. The van der Waals surface area contributed by atoms with E-state index in [1.54, 1.807) is 12.1 Å². The quantitative estimate of drug-likeness (QED) is 0.323. The number of rotatable bonds is 11. The van der Waals surface area contributed by atoms with Gasteiger partial charge in [0.05, 0.1) is 18.4 Å². The molecule has 0 spiro atoms. The number of benzene rings is 1. The van der Waals surface area contributed by atoms with E-state index in [-0.39, 0.29) is 23.9 Å². The van der Waals surface area contributed by atoms with E-state index in [9.17, 15) is 28.5 Å². The minimum absolute atomic E-state index is 0.0772. The maximum atomic E-state index is 12.6. The Kier molecular flexibility index (Phi) is 8.53. The highest BCUT2D eigenvalue weighted by molar-refractivity contribution is 7.98. The minimum atomic E-state index is -3.62. The molecule has 0 bridgehead atoms. The van der Waals surface area contributed by atoms with Crippen LogP contribution in [0.1, 0.15) is 22.5 Å². The molecule has 0 aliphatic rings. The number of hydrogen-bond acceptors (Lipinski definition) is 9. The first kappa shape index (κ1) is 24.0. The Morgan fingerprint density at radius 1 is 1.27 bits per heavy atom. The van der Waals surface area contributed by atoms with E-state index >= 15 is 0 Å². The molecule has 10 nitrogen and oxygen atoms in total. The van der Waals surface area contributed by atoms with E-state index in [0.29, 0.717) is 17.7 Å². The highest BCUT2D eigenvalue weighted by Gasteiger charge is 2.29. The van der Waals surface area contributed by atoms with E-state index in [1.165, 1.54) is 23.9 Å². The number of sulfonamides is 1. The van der Waals surface area contributed by atoms with Crippen LogP contribution in [0, 0.1) is 0 Å². The number of nitrogens with zero attached hydrogens (tertiary/aromatic N) is 1. The molecule has 1 heterocycles. The van der Waals surface area contributed by atoms with Crippen molar-refractivity contribution in [2.45, 2.75) is 31.1 Å². The average Bonchev–Trinajstić information content (AvgIpc) is 3.13. The number of anilines is 1. The number of carbonyl (C=O) groups is 1. The van der Waals surface area contributed by atoms with E-state index in [4.69, 9.17) is 4.42 Å². The van der Waals surface area contributed by atoms with Gasteiger partial charge in [0.1, 0.15) is 18.1 Å². The second kappa shape index (κ2) is 10.7. The monoisotopic (exact) mass is 459 g/mol. The summed E-state index contributed by atoms with van der Waals surface area (Å²) in [6, 6.07) is 5.00. The van der Waals surface area contributed by atoms with Crippen LogP contribution in [-0.2, 0) is 16.4 Å². The normalized spacial score (nSPS) is 14.7. The number of thioether (sulfide) groups is 1. The molecule has 1 amide bonds. The third-order valence-corrected chi connectivity index (χ3v) is 5.33. The summed E-state index contributed by atoms with van der Waals surface area (Å²) < 4.78 is 29.4. The first-order valence-electron chi connectivity index (χ1n) is 8.96. The summed E-state index contributed by atoms with van der Waals surface area (Å²) in [7, 11) is -3.62. The Labute approximate surface area is 178 Å². The average molecular weight is 460 g/mol. The Morgan fingerprint density at radius 2 is 1.93 bits per heavy atom. The molecule has 1 aromatic heterocycles. The number of carbonyl (C=O) groups excluding carboxylic acids is 1. The number of aromatic nitrogens is 1. The highest BCUT2D eigenvalue weighted by Crippen LogP contribution is 2.16. The van der Waals surface area contributed by atoms with Crippen LogP contribution in [0.5, 0.6) is 5.75 Å².